The lowest BCUT2D eigenvalue weighted by atomic mass is 9.77. The second-order valence-electron chi connectivity index (χ2n) is 5.57. The maximum Gasteiger partial charge on any atom is 0.346 e. The van der Waals surface area contributed by atoms with Gasteiger partial charge in [0, 0.05) is 0 Å². The third-order valence-electron chi connectivity index (χ3n) is 4.11. The lowest BCUT2D eigenvalue weighted by molar-refractivity contribution is -0.132. The molecular formula is C14H17N3O3. The Morgan fingerprint density at radius 1 is 1.45 bits per heavy atom. The number of amides is 3. The van der Waals surface area contributed by atoms with Gasteiger partial charge in [-0.2, -0.15) is 5.10 Å². The average Bonchev–Trinajstić information content (AvgIpc) is 3.01. The fraction of sp³-hybridized carbons (Fsp3) is 0.500. The summed E-state index contributed by atoms with van der Waals surface area (Å²) in [7, 11) is 0. The summed E-state index contributed by atoms with van der Waals surface area (Å²) < 4.78 is 5.10. The Bertz CT molecular complexity index is 542. The Morgan fingerprint density at radius 3 is 2.85 bits per heavy atom. The smallest absolute Gasteiger partial charge is 0.346 e. The van der Waals surface area contributed by atoms with Crippen LogP contribution in [0.25, 0.3) is 0 Å². The van der Waals surface area contributed by atoms with Crippen LogP contribution in [-0.4, -0.2) is 28.7 Å². The molecular weight excluding hydrogens is 258 g/mol. The highest BCUT2D eigenvalue weighted by atomic mass is 16.3. The van der Waals surface area contributed by atoms with Crippen LogP contribution in [0.2, 0.25) is 0 Å². The second-order valence-corrected chi connectivity index (χ2v) is 5.57. The van der Waals surface area contributed by atoms with E-state index >= 15 is 0 Å². The highest BCUT2D eigenvalue weighted by molar-refractivity contribution is 6.07. The molecule has 1 N–H and O–H groups in total. The molecule has 2 fully saturated rings. The molecule has 0 atom stereocenters. The maximum atomic E-state index is 12.5. The van der Waals surface area contributed by atoms with Gasteiger partial charge in [0.2, 0.25) is 0 Å². The number of hydrazone groups is 1. The molecule has 2 heterocycles. The average molecular weight is 275 g/mol. The van der Waals surface area contributed by atoms with Crippen LogP contribution in [0, 0.1) is 5.92 Å². The van der Waals surface area contributed by atoms with Gasteiger partial charge < -0.3 is 9.73 Å². The monoisotopic (exact) mass is 275 g/mol. The molecule has 0 bridgehead atoms. The molecule has 6 heteroatoms. The minimum Gasteiger partial charge on any atom is -0.463 e. The van der Waals surface area contributed by atoms with Gasteiger partial charge in [-0.3, -0.25) is 4.79 Å². The molecule has 3 amide bonds. The summed E-state index contributed by atoms with van der Waals surface area (Å²) in [5, 5.41) is 7.68. The third-order valence-corrected chi connectivity index (χ3v) is 4.11. The number of urea groups is 1. The highest BCUT2D eigenvalue weighted by Gasteiger charge is 2.52. The van der Waals surface area contributed by atoms with Gasteiger partial charge in [-0.05, 0) is 43.7 Å². The molecule has 1 aromatic heterocycles. The van der Waals surface area contributed by atoms with Crippen LogP contribution >= 0.6 is 0 Å². The number of carbonyl (C=O) groups is 2. The molecule has 0 unspecified atom stereocenters. The normalized spacial score (nSPS) is 30.4. The zero-order chi connectivity index (χ0) is 14.2. The van der Waals surface area contributed by atoms with Gasteiger partial charge in [-0.1, -0.05) is 6.92 Å². The van der Waals surface area contributed by atoms with Crippen molar-refractivity contribution in [3.05, 3.63) is 24.2 Å². The van der Waals surface area contributed by atoms with Crippen molar-refractivity contribution in [2.24, 2.45) is 11.0 Å². The maximum absolute atomic E-state index is 12.5. The van der Waals surface area contributed by atoms with E-state index < -0.39 is 11.6 Å². The van der Waals surface area contributed by atoms with E-state index in [1.807, 2.05) is 0 Å². The fourth-order valence-corrected chi connectivity index (χ4v) is 2.78. The van der Waals surface area contributed by atoms with E-state index in [1.54, 1.807) is 12.1 Å². The highest BCUT2D eigenvalue weighted by Crippen LogP contribution is 2.36. The van der Waals surface area contributed by atoms with E-state index in [-0.39, 0.29) is 5.91 Å². The number of imide groups is 1. The van der Waals surface area contributed by atoms with Crippen LogP contribution in [-0.2, 0) is 4.79 Å². The van der Waals surface area contributed by atoms with E-state index in [4.69, 9.17) is 4.42 Å². The van der Waals surface area contributed by atoms with Crippen LogP contribution < -0.4 is 5.32 Å². The number of carbonyl (C=O) groups excluding carboxylic acids is 2. The minimum absolute atomic E-state index is 0.253. The van der Waals surface area contributed by atoms with Crippen molar-refractivity contribution >= 4 is 18.2 Å². The molecule has 0 radical (unpaired) electrons. The summed E-state index contributed by atoms with van der Waals surface area (Å²) >= 11 is 0. The lowest BCUT2D eigenvalue weighted by Gasteiger charge is -2.33. The van der Waals surface area contributed by atoms with Crippen molar-refractivity contribution in [3.63, 3.8) is 0 Å². The largest absolute Gasteiger partial charge is 0.463 e. The fourth-order valence-electron chi connectivity index (χ4n) is 2.78. The molecule has 3 rings (SSSR count). The molecule has 106 valence electrons. The SMILES string of the molecule is CC1CCC2(CC1)NC(=O)N(/N=C\c1ccco1)C2=O. The number of nitrogens with one attached hydrogen (secondary N) is 1. The molecule has 1 saturated heterocycles. The summed E-state index contributed by atoms with van der Waals surface area (Å²) in [4.78, 5) is 24.4. The molecule has 20 heavy (non-hydrogen) atoms. The summed E-state index contributed by atoms with van der Waals surface area (Å²) in [5.74, 6) is 0.854. The van der Waals surface area contributed by atoms with Gasteiger partial charge in [0.15, 0.2) is 0 Å². The van der Waals surface area contributed by atoms with Crippen LogP contribution in [0.3, 0.4) is 0 Å². The first-order valence-electron chi connectivity index (χ1n) is 6.85. The summed E-state index contributed by atoms with van der Waals surface area (Å²) in [6.45, 7) is 2.17. The molecule has 1 aromatic rings. The van der Waals surface area contributed by atoms with Gasteiger partial charge in [0.1, 0.15) is 11.3 Å². The van der Waals surface area contributed by atoms with Gasteiger partial charge in [0.05, 0.1) is 12.5 Å². The standard InChI is InChI=1S/C14H17N3O3/c1-10-4-6-14(7-5-10)12(18)17(13(19)16-14)15-9-11-3-2-8-20-11/h2-3,8-10H,4-7H2,1H3,(H,16,19)/b15-9-. The van der Waals surface area contributed by atoms with Gasteiger partial charge >= 0.3 is 6.03 Å². The van der Waals surface area contributed by atoms with Crippen molar-refractivity contribution in [1.82, 2.24) is 10.3 Å². The topological polar surface area (TPSA) is 74.9 Å². The van der Waals surface area contributed by atoms with Crippen molar-refractivity contribution in [2.75, 3.05) is 0 Å². The van der Waals surface area contributed by atoms with E-state index in [0.29, 0.717) is 24.5 Å². The van der Waals surface area contributed by atoms with Gasteiger partial charge in [-0.25, -0.2) is 4.79 Å². The van der Waals surface area contributed by atoms with Crippen LogP contribution in [0.15, 0.2) is 27.9 Å². The van der Waals surface area contributed by atoms with E-state index in [2.05, 4.69) is 17.3 Å². The summed E-state index contributed by atoms with van der Waals surface area (Å²) in [6, 6.07) is 2.98. The molecule has 0 aromatic carbocycles. The number of furan rings is 1. The Kier molecular flexibility index (Phi) is 3.08. The van der Waals surface area contributed by atoms with Crippen molar-refractivity contribution in [1.29, 1.82) is 0 Å². The molecule has 1 aliphatic heterocycles. The number of hydrogen-bond acceptors (Lipinski definition) is 4. The predicted octanol–water partition coefficient (Wildman–Crippen LogP) is 2.11. The number of nitrogens with zero attached hydrogens (tertiary/aromatic N) is 2. The minimum atomic E-state index is -0.746. The predicted molar refractivity (Wildman–Crippen MR) is 72.0 cm³/mol. The van der Waals surface area contributed by atoms with Crippen LogP contribution in [0.5, 0.6) is 0 Å². The van der Waals surface area contributed by atoms with Gasteiger partial charge in [-0.15, -0.1) is 5.01 Å². The first-order valence-corrected chi connectivity index (χ1v) is 6.85. The molecule has 1 saturated carbocycles. The third kappa shape index (κ3) is 2.11. The van der Waals surface area contributed by atoms with E-state index in [1.165, 1.54) is 12.5 Å². The van der Waals surface area contributed by atoms with Crippen molar-refractivity contribution < 1.29 is 14.0 Å². The summed E-state index contributed by atoms with van der Waals surface area (Å²) in [6.07, 6.45) is 6.15. The molecule has 1 aliphatic carbocycles. The molecule has 2 aliphatic rings. The number of hydrogen-bond donors (Lipinski definition) is 1. The first-order chi connectivity index (χ1) is 9.61. The summed E-state index contributed by atoms with van der Waals surface area (Å²) in [5.41, 5.74) is -0.746. The van der Waals surface area contributed by atoms with Crippen LogP contribution in [0.1, 0.15) is 38.4 Å². The Hall–Kier alpha value is -2.11. The zero-order valence-corrected chi connectivity index (χ0v) is 11.3. The Balaban J connectivity index is 1.77. The first kappa shape index (κ1) is 12.9. The molecule has 6 nitrogen and oxygen atoms in total. The Morgan fingerprint density at radius 2 is 2.20 bits per heavy atom. The van der Waals surface area contributed by atoms with E-state index in [0.717, 1.165) is 17.9 Å². The lowest BCUT2D eigenvalue weighted by Crippen LogP contribution is -2.49. The Labute approximate surface area is 116 Å². The number of rotatable bonds is 2. The van der Waals surface area contributed by atoms with E-state index in [9.17, 15) is 9.59 Å². The van der Waals surface area contributed by atoms with Crippen molar-refractivity contribution in [2.45, 2.75) is 38.1 Å². The van der Waals surface area contributed by atoms with Gasteiger partial charge in [0.25, 0.3) is 5.91 Å². The van der Waals surface area contributed by atoms with Crippen molar-refractivity contribution in [3.8, 4) is 0 Å². The second kappa shape index (κ2) is 4.77. The van der Waals surface area contributed by atoms with Crippen LogP contribution in [0.4, 0.5) is 4.79 Å². The molecule has 1 spiro atoms. The quantitative estimate of drug-likeness (QED) is 0.663. The zero-order valence-electron chi connectivity index (χ0n) is 11.3.